The lowest BCUT2D eigenvalue weighted by Crippen LogP contribution is -2.30. The van der Waals surface area contributed by atoms with Crippen molar-refractivity contribution in [2.24, 2.45) is 0 Å². The van der Waals surface area contributed by atoms with E-state index in [0.29, 0.717) is 5.56 Å². The van der Waals surface area contributed by atoms with Crippen molar-refractivity contribution in [3.05, 3.63) is 34.1 Å². The molecule has 0 saturated carbocycles. The molecule has 1 amide bonds. The summed E-state index contributed by atoms with van der Waals surface area (Å²) in [5, 5.41) is 10.6. The number of carbonyl (C=O) groups is 2. The molecule has 0 saturated heterocycles. The van der Waals surface area contributed by atoms with E-state index in [-0.39, 0.29) is 10.9 Å². The molecule has 0 aliphatic carbocycles. The quantitative estimate of drug-likeness (QED) is 0.879. The molecule has 2 N–H and O–H groups in total. The third-order valence-corrected chi connectivity index (χ3v) is 2.39. The van der Waals surface area contributed by atoms with Gasteiger partial charge in [0.15, 0.2) is 0 Å². The van der Waals surface area contributed by atoms with Crippen LogP contribution in [-0.4, -0.2) is 23.5 Å². The number of halogens is 2. The second-order valence-electron chi connectivity index (χ2n) is 3.10. The maximum Gasteiger partial charge on any atom is 0.322 e. The maximum atomic E-state index is 12.9. The zero-order valence-electron chi connectivity index (χ0n) is 8.17. The minimum atomic E-state index is -1.10. The third-order valence-electron chi connectivity index (χ3n) is 1.79. The summed E-state index contributed by atoms with van der Waals surface area (Å²) >= 11 is 3.00. The van der Waals surface area contributed by atoms with E-state index in [0.717, 1.165) is 0 Å². The van der Waals surface area contributed by atoms with Gasteiger partial charge in [0.05, 0.1) is 10.9 Å². The summed E-state index contributed by atoms with van der Waals surface area (Å²) in [6.07, 6.45) is 0.0200. The molecule has 0 atom stereocenters. The van der Waals surface area contributed by atoms with Crippen molar-refractivity contribution in [2.45, 2.75) is 6.42 Å². The third kappa shape index (κ3) is 3.98. The van der Waals surface area contributed by atoms with E-state index < -0.39 is 24.2 Å². The van der Waals surface area contributed by atoms with Crippen LogP contribution in [0.15, 0.2) is 22.7 Å². The van der Waals surface area contributed by atoms with Gasteiger partial charge in [-0.1, -0.05) is 6.07 Å². The molecular formula is C10H9BrFNO3. The van der Waals surface area contributed by atoms with Gasteiger partial charge >= 0.3 is 5.97 Å². The lowest BCUT2D eigenvalue weighted by molar-refractivity contribution is -0.137. The predicted molar refractivity (Wildman–Crippen MR) is 58.4 cm³/mol. The van der Waals surface area contributed by atoms with Gasteiger partial charge in [-0.15, -0.1) is 0 Å². The van der Waals surface area contributed by atoms with Crippen molar-refractivity contribution in [1.82, 2.24) is 5.32 Å². The van der Waals surface area contributed by atoms with Gasteiger partial charge in [0.2, 0.25) is 5.91 Å². The topological polar surface area (TPSA) is 66.4 Å². The Kier molecular flexibility index (Phi) is 4.42. The van der Waals surface area contributed by atoms with E-state index in [2.05, 4.69) is 21.2 Å². The van der Waals surface area contributed by atoms with Crippen LogP contribution in [0.5, 0.6) is 0 Å². The van der Waals surface area contributed by atoms with Crippen molar-refractivity contribution in [1.29, 1.82) is 0 Å². The van der Waals surface area contributed by atoms with Gasteiger partial charge in [0.1, 0.15) is 12.4 Å². The molecule has 4 nitrogen and oxygen atoms in total. The zero-order valence-corrected chi connectivity index (χ0v) is 9.75. The first-order chi connectivity index (χ1) is 7.49. The van der Waals surface area contributed by atoms with Crippen molar-refractivity contribution in [3.8, 4) is 0 Å². The first kappa shape index (κ1) is 12.6. The summed E-state index contributed by atoms with van der Waals surface area (Å²) in [6.45, 7) is -0.415. The number of rotatable bonds is 4. The molecule has 86 valence electrons. The number of amides is 1. The second kappa shape index (κ2) is 5.60. The van der Waals surface area contributed by atoms with Crippen molar-refractivity contribution < 1.29 is 19.1 Å². The van der Waals surface area contributed by atoms with E-state index in [9.17, 15) is 14.0 Å². The summed E-state index contributed by atoms with van der Waals surface area (Å²) < 4.78 is 13.1. The molecule has 0 heterocycles. The first-order valence-electron chi connectivity index (χ1n) is 4.41. The predicted octanol–water partition coefficient (Wildman–Crippen LogP) is 1.33. The Balaban J connectivity index is 2.56. The average molecular weight is 290 g/mol. The minimum absolute atomic E-state index is 0.0200. The number of carboxylic acids is 1. The van der Waals surface area contributed by atoms with Crippen LogP contribution in [0.25, 0.3) is 0 Å². The van der Waals surface area contributed by atoms with E-state index in [1.165, 1.54) is 18.2 Å². The molecule has 1 rings (SSSR count). The summed E-state index contributed by atoms with van der Waals surface area (Å²) in [4.78, 5) is 21.4. The van der Waals surface area contributed by atoms with Crippen LogP contribution in [0.3, 0.4) is 0 Å². The fourth-order valence-corrected chi connectivity index (χ4v) is 1.50. The van der Waals surface area contributed by atoms with E-state index in [1.54, 1.807) is 0 Å². The Morgan fingerprint density at radius 1 is 1.44 bits per heavy atom. The summed E-state index contributed by atoms with van der Waals surface area (Å²) in [7, 11) is 0. The normalized spacial score (nSPS) is 9.88. The Bertz CT molecular complexity index is 423. The van der Waals surface area contributed by atoms with E-state index >= 15 is 0 Å². The van der Waals surface area contributed by atoms with E-state index in [1.807, 2.05) is 0 Å². The molecule has 0 fully saturated rings. The fourth-order valence-electron chi connectivity index (χ4n) is 1.07. The lowest BCUT2D eigenvalue weighted by Gasteiger charge is -2.03. The van der Waals surface area contributed by atoms with Crippen molar-refractivity contribution in [3.63, 3.8) is 0 Å². The molecule has 0 bridgehead atoms. The van der Waals surface area contributed by atoms with Crippen LogP contribution >= 0.6 is 15.9 Å². The molecule has 0 radical (unpaired) electrons. The molecule has 6 heteroatoms. The highest BCUT2D eigenvalue weighted by Gasteiger charge is 2.07. The maximum absolute atomic E-state index is 12.9. The molecule has 0 aliphatic rings. The average Bonchev–Trinajstić information content (AvgIpc) is 2.21. The van der Waals surface area contributed by atoms with Crippen LogP contribution in [0.2, 0.25) is 0 Å². The lowest BCUT2D eigenvalue weighted by atomic mass is 10.1. The highest BCUT2D eigenvalue weighted by atomic mass is 79.9. The highest BCUT2D eigenvalue weighted by molar-refractivity contribution is 9.10. The standard InChI is InChI=1S/C10H9BrFNO3/c11-7-3-6(1-2-8(7)12)4-9(14)13-5-10(15)16/h1-3H,4-5H2,(H,13,14)(H,15,16). The van der Waals surface area contributed by atoms with Crippen LogP contribution in [-0.2, 0) is 16.0 Å². The number of carbonyl (C=O) groups excluding carboxylic acids is 1. The van der Waals surface area contributed by atoms with Crippen LogP contribution in [0, 0.1) is 5.82 Å². The smallest absolute Gasteiger partial charge is 0.322 e. The summed E-state index contributed by atoms with van der Waals surface area (Å²) in [6, 6.07) is 4.19. The second-order valence-corrected chi connectivity index (χ2v) is 3.95. The SMILES string of the molecule is O=C(O)CNC(=O)Cc1ccc(F)c(Br)c1. The number of hydrogen-bond acceptors (Lipinski definition) is 2. The number of benzene rings is 1. The van der Waals surface area contributed by atoms with Crippen molar-refractivity contribution >= 4 is 27.8 Å². The molecular weight excluding hydrogens is 281 g/mol. The van der Waals surface area contributed by atoms with Crippen LogP contribution in [0.1, 0.15) is 5.56 Å². The molecule has 1 aromatic carbocycles. The Labute approximate surface area is 99.6 Å². The van der Waals surface area contributed by atoms with E-state index in [4.69, 9.17) is 5.11 Å². The van der Waals surface area contributed by atoms with Gasteiger partial charge in [-0.2, -0.15) is 0 Å². The first-order valence-corrected chi connectivity index (χ1v) is 5.21. The van der Waals surface area contributed by atoms with Crippen LogP contribution in [0.4, 0.5) is 4.39 Å². The number of aliphatic carboxylic acids is 1. The van der Waals surface area contributed by atoms with Gasteiger partial charge in [0, 0.05) is 0 Å². The van der Waals surface area contributed by atoms with Gasteiger partial charge in [-0.3, -0.25) is 9.59 Å². The molecule has 0 spiro atoms. The molecule has 0 aromatic heterocycles. The monoisotopic (exact) mass is 289 g/mol. The van der Waals surface area contributed by atoms with Crippen molar-refractivity contribution in [2.75, 3.05) is 6.54 Å². The fraction of sp³-hybridized carbons (Fsp3) is 0.200. The largest absolute Gasteiger partial charge is 0.480 e. The number of hydrogen-bond donors (Lipinski definition) is 2. The molecule has 1 aromatic rings. The van der Waals surface area contributed by atoms with Gasteiger partial charge in [-0.05, 0) is 33.6 Å². The van der Waals surface area contributed by atoms with Gasteiger partial charge in [-0.25, -0.2) is 4.39 Å². The van der Waals surface area contributed by atoms with Gasteiger partial charge < -0.3 is 10.4 Å². The molecule has 0 unspecified atom stereocenters. The summed E-state index contributed by atoms with van der Waals surface area (Å²) in [5.74, 6) is -1.93. The molecule has 0 aliphatic heterocycles. The zero-order chi connectivity index (χ0) is 12.1. The number of carboxylic acid groups (broad SMARTS) is 1. The highest BCUT2D eigenvalue weighted by Crippen LogP contribution is 2.16. The van der Waals surface area contributed by atoms with Gasteiger partial charge in [0.25, 0.3) is 0 Å². The van der Waals surface area contributed by atoms with Crippen LogP contribution < -0.4 is 5.32 Å². The Morgan fingerprint density at radius 2 is 2.12 bits per heavy atom. The Morgan fingerprint density at radius 3 is 2.69 bits per heavy atom. The summed E-state index contributed by atoms with van der Waals surface area (Å²) in [5.41, 5.74) is 0.608. The molecule has 16 heavy (non-hydrogen) atoms. The number of nitrogens with one attached hydrogen (secondary N) is 1. The Hall–Kier alpha value is -1.43. The minimum Gasteiger partial charge on any atom is -0.480 e.